The quantitative estimate of drug-likeness (QED) is 0.390. The van der Waals surface area contributed by atoms with Crippen molar-refractivity contribution in [2.45, 2.75) is 25.5 Å². The van der Waals surface area contributed by atoms with Gasteiger partial charge in [0.1, 0.15) is 6.54 Å². The van der Waals surface area contributed by atoms with Crippen molar-refractivity contribution in [2.24, 2.45) is 5.92 Å². The number of carbonyl (C=O) groups is 1. The van der Waals surface area contributed by atoms with Gasteiger partial charge >= 0.3 is 5.97 Å². The van der Waals surface area contributed by atoms with Crippen molar-refractivity contribution in [1.29, 1.82) is 0 Å². The molecule has 0 aromatic carbocycles. The van der Waals surface area contributed by atoms with Crippen LogP contribution in [0.4, 0.5) is 0 Å². The molecule has 0 fully saturated rings. The molecule has 1 aromatic heterocycles. The van der Waals surface area contributed by atoms with Gasteiger partial charge in [0.25, 0.3) is 0 Å². The largest absolute Gasteiger partial charge is 0.468 e. The molecule has 8 heteroatoms. The lowest BCUT2D eigenvalue weighted by Crippen LogP contribution is -2.14. The van der Waals surface area contributed by atoms with E-state index in [1.54, 1.807) is 0 Å². The number of carbonyl (C=O) groups excluding carboxylic acids is 1. The van der Waals surface area contributed by atoms with Crippen molar-refractivity contribution in [3.63, 3.8) is 0 Å². The van der Waals surface area contributed by atoms with Crippen molar-refractivity contribution in [1.82, 2.24) is 20.2 Å². The van der Waals surface area contributed by atoms with E-state index in [9.17, 15) is 4.79 Å². The van der Waals surface area contributed by atoms with Crippen LogP contribution in [0.5, 0.6) is 0 Å². The maximum Gasteiger partial charge on any atom is 0.327 e. The molecule has 0 aliphatic rings. The number of rotatable bonds is 8. The van der Waals surface area contributed by atoms with E-state index in [4.69, 9.17) is 4.74 Å². The first kappa shape index (κ1) is 14.9. The van der Waals surface area contributed by atoms with E-state index >= 15 is 0 Å². The Kier molecular flexibility index (Phi) is 6.66. The van der Waals surface area contributed by atoms with E-state index < -0.39 is 0 Å². The Morgan fingerprint density at radius 2 is 2.28 bits per heavy atom. The maximum atomic E-state index is 11.1. The molecular formula is C10H18N4O3S. The topological polar surface area (TPSA) is 79.1 Å². The van der Waals surface area contributed by atoms with Crippen LogP contribution in [0.3, 0.4) is 0 Å². The summed E-state index contributed by atoms with van der Waals surface area (Å²) >= 11 is 1.45. The van der Waals surface area contributed by atoms with Crippen LogP contribution in [0.2, 0.25) is 0 Å². The minimum atomic E-state index is -0.375. The van der Waals surface area contributed by atoms with Crippen molar-refractivity contribution in [3.8, 4) is 0 Å². The van der Waals surface area contributed by atoms with E-state index in [1.165, 1.54) is 23.6 Å². The number of hydrogen-bond donors (Lipinski definition) is 0. The third-order valence-electron chi connectivity index (χ3n) is 1.92. The van der Waals surface area contributed by atoms with E-state index in [-0.39, 0.29) is 12.5 Å². The molecule has 0 amide bonds. The van der Waals surface area contributed by atoms with Gasteiger partial charge in [0.15, 0.2) is 0 Å². The molecule has 0 saturated heterocycles. The van der Waals surface area contributed by atoms with Gasteiger partial charge < -0.3 is 9.47 Å². The Bertz CT molecular complexity index is 370. The predicted octanol–water partition coefficient (Wildman–Crippen LogP) is 0.611. The molecule has 0 radical (unpaired) electrons. The number of tetrazole rings is 1. The second kappa shape index (κ2) is 8.04. The number of esters is 1. The van der Waals surface area contributed by atoms with Crippen molar-refractivity contribution in [3.05, 3.63) is 0 Å². The molecular weight excluding hydrogens is 256 g/mol. The number of thioether (sulfide) groups is 1. The molecule has 7 nitrogen and oxygen atoms in total. The highest BCUT2D eigenvalue weighted by Gasteiger charge is 2.10. The molecule has 0 unspecified atom stereocenters. The van der Waals surface area contributed by atoms with E-state index in [2.05, 4.69) is 34.1 Å². The lowest BCUT2D eigenvalue weighted by Gasteiger charge is -2.06. The zero-order valence-corrected chi connectivity index (χ0v) is 11.6. The molecule has 1 heterocycles. The van der Waals surface area contributed by atoms with Crippen LogP contribution in [-0.4, -0.2) is 52.3 Å². The van der Waals surface area contributed by atoms with Gasteiger partial charge in [-0.25, -0.2) is 4.68 Å². The highest BCUT2D eigenvalue weighted by atomic mass is 32.2. The fourth-order valence-electron chi connectivity index (χ4n) is 1.10. The number of hydrogen-bond acceptors (Lipinski definition) is 7. The first-order valence-corrected chi connectivity index (χ1v) is 6.65. The Morgan fingerprint density at radius 1 is 1.50 bits per heavy atom. The zero-order chi connectivity index (χ0) is 13.4. The summed E-state index contributed by atoms with van der Waals surface area (Å²) in [5, 5.41) is 11.7. The van der Waals surface area contributed by atoms with E-state index in [0.717, 1.165) is 12.4 Å². The SMILES string of the molecule is COC(=O)Cn1nnnc1SCCOCC(C)C. The standard InChI is InChI=1S/C10H18N4O3S/c1-8(2)7-17-4-5-18-10-11-12-13-14(10)6-9(15)16-3/h8H,4-7H2,1-3H3. The smallest absolute Gasteiger partial charge is 0.327 e. The minimum absolute atomic E-state index is 0.0265. The summed E-state index contributed by atoms with van der Waals surface area (Å²) in [5.74, 6) is 0.897. The third-order valence-corrected chi connectivity index (χ3v) is 2.84. The van der Waals surface area contributed by atoms with E-state index in [1.807, 2.05) is 0 Å². The number of methoxy groups -OCH3 is 1. The third kappa shape index (κ3) is 5.46. The highest BCUT2D eigenvalue weighted by molar-refractivity contribution is 7.99. The molecule has 18 heavy (non-hydrogen) atoms. The lowest BCUT2D eigenvalue weighted by atomic mass is 10.2. The maximum absolute atomic E-state index is 11.1. The van der Waals surface area contributed by atoms with Gasteiger partial charge in [0.2, 0.25) is 5.16 Å². The molecule has 1 rings (SSSR count). The van der Waals surface area contributed by atoms with Crippen LogP contribution in [0.1, 0.15) is 13.8 Å². The van der Waals surface area contributed by atoms with Crippen molar-refractivity contribution < 1.29 is 14.3 Å². The Labute approximate surface area is 110 Å². The van der Waals surface area contributed by atoms with Gasteiger partial charge in [-0.1, -0.05) is 25.6 Å². The molecule has 0 N–H and O–H groups in total. The number of ether oxygens (including phenoxy) is 2. The summed E-state index contributed by atoms with van der Waals surface area (Å²) in [6.07, 6.45) is 0. The fourth-order valence-corrected chi connectivity index (χ4v) is 1.82. The molecule has 0 atom stereocenters. The molecule has 0 saturated carbocycles. The average molecular weight is 274 g/mol. The number of aromatic nitrogens is 4. The Morgan fingerprint density at radius 3 is 2.94 bits per heavy atom. The van der Waals surface area contributed by atoms with Crippen LogP contribution in [0.15, 0.2) is 5.16 Å². The monoisotopic (exact) mass is 274 g/mol. The van der Waals surface area contributed by atoms with Crippen LogP contribution in [0.25, 0.3) is 0 Å². The second-order valence-corrected chi connectivity index (χ2v) is 5.07. The minimum Gasteiger partial charge on any atom is -0.468 e. The van der Waals surface area contributed by atoms with E-state index in [0.29, 0.717) is 17.7 Å². The van der Waals surface area contributed by atoms with Gasteiger partial charge in [-0.15, -0.1) is 5.10 Å². The molecule has 0 bridgehead atoms. The normalized spacial score (nSPS) is 10.9. The van der Waals surface area contributed by atoms with Gasteiger partial charge in [-0.05, 0) is 16.3 Å². The van der Waals surface area contributed by atoms with Crippen LogP contribution in [-0.2, 0) is 20.8 Å². The fraction of sp³-hybridized carbons (Fsp3) is 0.800. The van der Waals surface area contributed by atoms with Crippen molar-refractivity contribution >= 4 is 17.7 Å². The molecule has 0 spiro atoms. The highest BCUT2D eigenvalue weighted by Crippen LogP contribution is 2.13. The predicted molar refractivity (Wildman–Crippen MR) is 66.2 cm³/mol. The molecule has 0 aliphatic carbocycles. The molecule has 0 aliphatic heterocycles. The lowest BCUT2D eigenvalue weighted by molar-refractivity contribution is -0.141. The zero-order valence-electron chi connectivity index (χ0n) is 10.8. The van der Waals surface area contributed by atoms with Crippen LogP contribution < -0.4 is 0 Å². The van der Waals surface area contributed by atoms with Crippen molar-refractivity contribution in [2.75, 3.05) is 26.1 Å². The summed E-state index contributed by atoms with van der Waals surface area (Å²) in [7, 11) is 1.33. The average Bonchev–Trinajstić information content (AvgIpc) is 2.75. The molecule has 1 aromatic rings. The van der Waals surface area contributed by atoms with Crippen LogP contribution in [0, 0.1) is 5.92 Å². The summed E-state index contributed by atoms with van der Waals surface area (Å²) < 4.78 is 11.4. The summed E-state index contributed by atoms with van der Waals surface area (Å²) in [5.41, 5.74) is 0. The summed E-state index contributed by atoms with van der Waals surface area (Å²) in [4.78, 5) is 11.1. The van der Waals surface area contributed by atoms with Crippen LogP contribution >= 0.6 is 11.8 Å². The first-order chi connectivity index (χ1) is 8.63. The second-order valence-electron chi connectivity index (χ2n) is 4.01. The summed E-state index contributed by atoms with van der Waals surface area (Å²) in [6.45, 7) is 5.61. The van der Waals surface area contributed by atoms with Gasteiger partial charge in [0.05, 0.1) is 13.7 Å². The number of nitrogens with zero attached hydrogens (tertiary/aromatic N) is 4. The summed E-state index contributed by atoms with van der Waals surface area (Å²) in [6, 6.07) is 0. The van der Waals surface area contributed by atoms with Gasteiger partial charge in [0, 0.05) is 12.4 Å². The Balaban J connectivity index is 2.29. The first-order valence-electron chi connectivity index (χ1n) is 5.67. The molecule has 102 valence electrons. The van der Waals surface area contributed by atoms with Gasteiger partial charge in [-0.3, -0.25) is 4.79 Å². The Hall–Kier alpha value is -1.15. The van der Waals surface area contributed by atoms with Gasteiger partial charge in [-0.2, -0.15) is 0 Å².